The molecule has 172 valence electrons. The third-order valence-electron chi connectivity index (χ3n) is 4.86. The fourth-order valence-corrected chi connectivity index (χ4v) is 4.26. The first-order valence-electron chi connectivity index (χ1n) is 10.3. The second kappa shape index (κ2) is 12.2. The van der Waals surface area contributed by atoms with Gasteiger partial charge in [0.2, 0.25) is 5.91 Å². The lowest BCUT2D eigenvalue weighted by Gasteiger charge is -2.18. The van der Waals surface area contributed by atoms with Crippen LogP contribution >= 0.6 is 23.1 Å². The lowest BCUT2D eigenvalue weighted by atomic mass is 9.98. The monoisotopic (exact) mass is 483 g/mol. The number of benzene rings is 2. The van der Waals surface area contributed by atoms with Crippen LogP contribution in [0, 0.1) is 0 Å². The summed E-state index contributed by atoms with van der Waals surface area (Å²) in [5.41, 5.74) is 4.82. The number of aromatic nitrogens is 1. The number of anilines is 1. The van der Waals surface area contributed by atoms with E-state index in [1.807, 2.05) is 42.0 Å². The Morgan fingerprint density at radius 1 is 1.15 bits per heavy atom. The minimum Gasteiger partial charge on any atom is -0.467 e. The van der Waals surface area contributed by atoms with Crippen molar-refractivity contribution in [1.82, 2.24) is 10.3 Å². The van der Waals surface area contributed by atoms with E-state index in [0.717, 1.165) is 5.56 Å². The van der Waals surface area contributed by atoms with Crippen LogP contribution in [0.3, 0.4) is 0 Å². The van der Waals surface area contributed by atoms with Crippen molar-refractivity contribution >= 4 is 46.6 Å². The maximum absolute atomic E-state index is 13.2. The average Bonchev–Trinajstić information content (AvgIpc) is 3.34. The molecule has 0 saturated heterocycles. The summed E-state index contributed by atoms with van der Waals surface area (Å²) in [4.78, 5) is 41.9. The Morgan fingerprint density at radius 2 is 1.94 bits per heavy atom. The predicted octanol–water partition coefficient (Wildman–Crippen LogP) is 4.02. The molecule has 2 aromatic carbocycles. The van der Waals surface area contributed by atoms with Gasteiger partial charge in [0.25, 0.3) is 5.91 Å². The zero-order valence-electron chi connectivity index (χ0n) is 18.4. The van der Waals surface area contributed by atoms with Crippen LogP contribution in [0.25, 0.3) is 11.1 Å². The van der Waals surface area contributed by atoms with Crippen LogP contribution in [0.15, 0.2) is 59.4 Å². The number of methoxy groups -OCH3 is 1. The molecular weight excluding hydrogens is 458 g/mol. The van der Waals surface area contributed by atoms with Crippen LogP contribution in [-0.2, 0) is 20.7 Å². The number of esters is 1. The third-order valence-corrected chi connectivity index (χ3v) is 6.14. The summed E-state index contributed by atoms with van der Waals surface area (Å²) >= 11 is 3.02. The summed E-state index contributed by atoms with van der Waals surface area (Å²) in [6.07, 6.45) is 2.57. The van der Waals surface area contributed by atoms with Gasteiger partial charge < -0.3 is 15.4 Å². The Morgan fingerprint density at radius 3 is 2.61 bits per heavy atom. The number of amides is 2. The fraction of sp³-hybridized carbons (Fsp3) is 0.250. The molecule has 3 rings (SSSR count). The Bertz CT molecular complexity index is 1090. The van der Waals surface area contributed by atoms with Gasteiger partial charge in [0, 0.05) is 16.6 Å². The highest BCUT2D eigenvalue weighted by atomic mass is 32.2. The van der Waals surface area contributed by atoms with E-state index in [9.17, 15) is 14.4 Å². The van der Waals surface area contributed by atoms with Gasteiger partial charge in [0.15, 0.2) is 0 Å². The normalized spacial score (nSPS) is 11.5. The molecule has 0 saturated carbocycles. The summed E-state index contributed by atoms with van der Waals surface area (Å²) in [6.45, 7) is 0. The van der Waals surface area contributed by atoms with Crippen LogP contribution in [-0.4, -0.2) is 47.9 Å². The van der Waals surface area contributed by atoms with Gasteiger partial charge in [-0.05, 0) is 47.8 Å². The zero-order chi connectivity index (χ0) is 23.6. The van der Waals surface area contributed by atoms with Crippen molar-refractivity contribution in [3.63, 3.8) is 0 Å². The molecule has 0 aliphatic rings. The van der Waals surface area contributed by atoms with E-state index in [-0.39, 0.29) is 18.2 Å². The molecule has 1 heterocycles. The first-order valence-corrected chi connectivity index (χ1v) is 12.6. The number of rotatable bonds is 10. The highest BCUT2D eigenvalue weighted by molar-refractivity contribution is 7.98. The number of hydrogen-bond acceptors (Lipinski definition) is 7. The number of ether oxygens (including phenoxy) is 1. The van der Waals surface area contributed by atoms with Gasteiger partial charge in [0.1, 0.15) is 6.04 Å². The molecule has 2 N–H and O–H groups in total. The van der Waals surface area contributed by atoms with E-state index in [2.05, 4.69) is 15.6 Å². The van der Waals surface area contributed by atoms with Crippen molar-refractivity contribution in [2.45, 2.75) is 18.9 Å². The standard InChI is InChI=1S/C24H25N3O4S2/c1-31-24(30)21(10-11-32-2)27-23(29)19-9-8-17(12-20(19)16-6-4-3-5-7-16)26-22(28)13-18-14-33-15-25-18/h3-9,12,14-15,21H,10-11,13H2,1-2H3,(H,26,28)(H,27,29)/t21-/m0/s1. The number of nitrogens with zero attached hydrogens (tertiary/aromatic N) is 1. The van der Waals surface area contributed by atoms with Crippen LogP contribution in [0.4, 0.5) is 5.69 Å². The number of carbonyl (C=O) groups is 3. The quantitative estimate of drug-likeness (QED) is 0.423. The topological polar surface area (TPSA) is 97.4 Å². The van der Waals surface area contributed by atoms with Crippen LogP contribution in [0.1, 0.15) is 22.5 Å². The van der Waals surface area contributed by atoms with E-state index in [4.69, 9.17) is 4.74 Å². The van der Waals surface area contributed by atoms with E-state index < -0.39 is 12.0 Å². The van der Waals surface area contributed by atoms with Gasteiger partial charge in [0.05, 0.1) is 24.7 Å². The molecule has 3 aromatic rings. The Hall–Kier alpha value is -3.17. The van der Waals surface area contributed by atoms with E-state index >= 15 is 0 Å². The van der Waals surface area contributed by atoms with E-state index in [1.54, 1.807) is 35.5 Å². The van der Waals surface area contributed by atoms with Crippen molar-refractivity contribution in [3.8, 4) is 11.1 Å². The number of carbonyl (C=O) groups excluding carboxylic acids is 3. The fourth-order valence-electron chi connectivity index (χ4n) is 3.23. The maximum Gasteiger partial charge on any atom is 0.328 e. The summed E-state index contributed by atoms with van der Waals surface area (Å²) in [5, 5.41) is 7.50. The molecule has 1 aromatic heterocycles. The first-order chi connectivity index (χ1) is 16.0. The molecule has 0 aliphatic heterocycles. The molecule has 9 heteroatoms. The Kier molecular flexibility index (Phi) is 9.03. The SMILES string of the molecule is COC(=O)[C@H](CCSC)NC(=O)c1ccc(NC(=O)Cc2cscn2)cc1-c1ccccc1. The molecule has 1 atom stereocenters. The van der Waals surface area contributed by atoms with Crippen molar-refractivity contribution in [2.75, 3.05) is 24.4 Å². The smallest absolute Gasteiger partial charge is 0.328 e. The molecule has 0 fully saturated rings. The van der Waals surface area contributed by atoms with Crippen LogP contribution < -0.4 is 10.6 Å². The Balaban J connectivity index is 1.86. The molecule has 0 unspecified atom stereocenters. The van der Waals surface area contributed by atoms with Crippen LogP contribution in [0.5, 0.6) is 0 Å². The van der Waals surface area contributed by atoms with Gasteiger partial charge >= 0.3 is 5.97 Å². The molecule has 2 amide bonds. The minimum absolute atomic E-state index is 0.169. The molecule has 0 bridgehead atoms. The van der Waals surface area contributed by atoms with Gasteiger partial charge in [-0.1, -0.05) is 30.3 Å². The molecule has 33 heavy (non-hydrogen) atoms. The lowest BCUT2D eigenvalue weighted by Crippen LogP contribution is -2.42. The van der Waals surface area contributed by atoms with E-state index in [0.29, 0.717) is 34.7 Å². The second-order valence-electron chi connectivity index (χ2n) is 7.16. The highest BCUT2D eigenvalue weighted by Gasteiger charge is 2.23. The molecular formula is C24H25N3O4S2. The summed E-state index contributed by atoms with van der Waals surface area (Å²) < 4.78 is 4.85. The Labute approximate surface area is 201 Å². The van der Waals surface area contributed by atoms with Crippen molar-refractivity contribution in [3.05, 3.63) is 70.7 Å². The summed E-state index contributed by atoms with van der Waals surface area (Å²) in [7, 11) is 1.30. The molecule has 7 nitrogen and oxygen atoms in total. The minimum atomic E-state index is -0.740. The number of nitrogens with one attached hydrogen (secondary N) is 2. The van der Waals surface area contributed by atoms with Gasteiger partial charge in [-0.2, -0.15) is 11.8 Å². The first kappa shape index (κ1) is 24.5. The zero-order valence-corrected chi connectivity index (χ0v) is 20.0. The molecule has 0 aliphatic carbocycles. The van der Waals surface area contributed by atoms with Crippen molar-refractivity contribution < 1.29 is 19.1 Å². The average molecular weight is 484 g/mol. The summed E-state index contributed by atoms with van der Waals surface area (Å²) in [5.74, 6) is -0.356. The lowest BCUT2D eigenvalue weighted by molar-refractivity contribution is -0.142. The largest absolute Gasteiger partial charge is 0.467 e. The number of thioether (sulfide) groups is 1. The third kappa shape index (κ3) is 6.90. The number of thiazole rings is 1. The molecule has 0 radical (unpaired) electrons. The van der Waals surface area contributed by atoms with Crippen LogP contribution in [0.2, 0.25) is 0 Å². The second-order valence-corrected chi connectivity index (χ2v) is 8.87. The van der Waals surface area contributed by atoms with Crippen molar-refractivity contribution in [2.24, 2.45) is 0 Å². The van der Waals surface area contributed by atoms with Gasteiger partial charge in [-0.3, -0.25) is 9.59 Å². The number of hydrogen-bond donors (Lipinski definition) is 2. The summed E-state index contributed by atoms with van der Waals surface area (Å²) in [6, 6.07) is 13.8. The highest BCUT2D eigenvalue weighted by Crippen LogP contribution is 2.27. The molecule has 0 spiro atoms. The van der Waals surface area contributed by atoms with Gasteiger partial charge in [-0.15, -0.1) is 11.3 Å². The maximum atomic E-state index is 13.2. The predicted molar refractivity (Wildman–Crippen MR) is 133 cm³/mol. The van der Waals surface area contributed by atoms with Crippen molar-refractivity contribution in [1.29, 1.82) is 0 Å². The van der Waals surface area contributed by atoms with E-state index in [1.165, 1.54) is 18.4 Å². The van der Waals surface area contributed by atoms with Gasteiger partial charge in [-0.25, -0.2) is 9.78 Å².